The molecule has 1 aliphatic heterocycles. The third-order valence-electron chi connectivity index (χ3n) is 3.36. The Kier molecular flexibility index (Phi) is 6.70. The van der Waals surface area contributed by atoms with E-state index >= 15 is 0 Å². The van der Waals surface area contributed by atoms with Crippen LogP contribution in [0.5, 0.6) is 0 Å². The Balaban J connectivity index is 1.83. The van der Waals surface area contributed by atoms with Gasteiger partial charge < -0.3 is 18.9 Å². The molecular weight excluding hydrogens is 300 g/mol. The van der Waals surface area contributed by atoms with Crippen LogP contribution >= 0.6 is 0 Å². The van der Waals surface area contributed by atoms with Crippen molar-refractivity contribution in [2.75, 3.05) is 26.4 Å². The molecule has 2 rings (SSSR count). The number of esters is 1. The number of hydrogen-bond acceptors (Lipinski definition) is 6. The maximum atomic E-state index is 12.0. The zero-order valence-corrected chi connectivity index (χ0v) is 13.3. The van der Waals surface area contributed by atoms with Gasteiger partial charge in [0.15, 0.2) is 5.79 Å². The van der Waals surface area contributed by atoms with Gasteiger partial charge in [-0.05, 0) is 12.5 Å². The quantitative estimate of drug-likeness (QED) is 0.510. The SMILES string of the molecule is CCOC(=O)CC(=O)CC1(COCc2ccccc2)OCCO1. The van der Waals surface area contributed by atoms with Crippen molar-refractivity contribution >= 4 is 11.8 Å². The first kappa shape index (κ1) is 17.6. The molecule has 1 saturated heterocycles. The van der Waals surface area contributed by atoms with Crippen LogP contribution in [0.4, 0.5) is 0 Å². The molecule has 0 spiro atoms. The van der Waals surface area contributed by atoms with Crippen molar-refractivity contribution in [2.45, 2.75) is 32.2 Å². The van der Waals surface area contributed by atoms with Crippen LogP contribution in [0.25, 0.3) is 0 Å². The number of carbonyl (C=O) groups excluding carboxylic acids is 2. The van der Waals surface area contributed by atoms with Crippen LogP contribution in [-0.4, -0.2) is 44.0 Å². The molecule has 6 nitrogen and oxygen atoms in total. The number of ketones is 1. The summed E-state index contributed by atoms with van der Waals surface area (Å²) in [5, 5.41) is 0. The first-order valence-electron chi connectivity index (χ1n) is 7.70. The van der Waals surface area contributed by atoms with Crippen molar-refractivity contribution in [3.63, 3.8) is 0 Å². The van der Waals surface area contributed by atoms with Crippen molar-refractivity contribution < 1.29 is 28.5 Å². The lowest BCUT2D eigenvalue weighted by Gasteiger charge is -2.26. The smallest absolute Gasteiger partial charge is 0.313 e. The topological polar surface area (TPSA) is 71.1 Å². The zero-order valence-electron chi connectivity index (χ0n) is 13.3. The van der Waals surface area contributed by atoms with E-state index in [1.165, 1.54) is 0 Å². The molecule has 0 amide bonds. The molecule has 23 heavy (non-hydrogen) atoms. The minimum Gasteiger partial charge on any atom is -0.466 e. The minimum absolute atomic E-state index is 0.0272. The lowest BCUT2D eigenvalue weighted by Crippen LogP contribution is -2.38. The van der Waals surface area contributed by atoms with Gasteiger partial charge in [0.1, 0.15) is 18.8 Å². The van der Waals surface area contributed by atoms with Crippen LogP contribution in [0.15, 0.2) is 30.3 Å². The fraction of sp³-hybridized carbons (Fsp3) is 0.529. The highest BCUT2D eigenvalue weighted by Gasteiger charge is 2.39. The monoisotopic (exact) mass is 322 g/mol. The van der Waals surface area contributed by atoms with Gasteiger partial charge in [-0.2, -0.15) is 0 Å². The van der Waals surface area contributed by atoms with E-state index in [1.807, 2.05) is 30.3 Å². The molecule has 0 radical (unpaired) electrons. The number of hydrogen-bond donors (Lipinski definition) is 0. The van der Waals surface area contributed by atoms with E-state index in [0.717, 1.165) is 5.56 Å². The number of carbonyl (C=O) groups is 2. The number of Topliss-reactive ketones (excluding diaryl/α,β-unsaturated/α-hetero) is 1. The Hall–Kier alpha value is -1.76. The Bertz CT molecular complexity index is 507. The molecule has 0 N–H and O–H groups in total. The first-order valence-corrected chi connectivity index (χ1v) is 7.70. The molecule has 0 bridgehead atoms. The Morgan fingerprint density at radius 1 is 1.17 bits per heavy atom. The molecule has 1 aromatic carbocycles. The molecular formula is C17H22O6. The molecule has 1 aromatic rings. The van der Waals surface area contributed by atoms with E-state index in [-0.39, 0.29) is 31.8 Å². The fourth-order valence-corrected chi connectivity index (χ4v) is 2.37. The number of ether oxygens (including phenoxy) is 4. The lowest BCUT2D eigenvalue weighted by molar-refractivity contribution is -0.200. The molecule has 6 heteroatoms. The fourth-order valence-electron chi connectivity index (χ4n) is 2.37. The summed E-state index contributed by atoms with van der Waals surface area (Å²) < 4.78 is 21.6. The minimum atomic E-state index is -1.10. The molecule has 0 unspecified atom stereocenters. The summed E-state index contributed by atoms with van der Waals surface area (Å²) in [4.78, 5) is 23.4. The van der Waals surface area contributed by atoms with Crippen molar-refractivity contribution in [3.05, 3.63) is 35.9 Å². The Morgan fingerprint density at radius 3 is 2.52 bits per heavy atom. The summed E-state index contributed by atoms with van der Waals surface area (Å²) in [5.41, 5.74) is 1.03. The highest BCUT2D eigenvalue weighted by molar-refractivity contribution is 5.95. The van der Waals surface area contributed by atoms with E-state index < -0.39 is 11.8 Å². The molecule has 126 valence electrons. The molecule has 0 saturated carbocycles. The van der Waals surface area contributed by atoms with Gasteiger partial charge in [0.25, 0.3) is 0 Å². The largest absolute Gasteiger partial charge is 0.466 e. The standard InChI is InChI=1S/C17H22O6/c1-2-21-16(19)10-15(18)11-17(22-8-9-23-17)13-20-12-14-6-4-3-5-7-14/h3-7H,2,8-13H2,1H3. The molecule has 0 aromatic heterocycles. The van der Waals surface area contributed by atoms with E-state index in [1.54, 1.807) is 6.92 Å². The number of rotatable bonds is 9. The van der Waals surface area contributed by atoms with Crippen LogP contribution in [0.1, 0.15) is 25.3 Å². The van der Waals surface area contributed by atoms with Crippen molar-refractivity contribution in [1.29, 1.82) is 0 Å². The van der Waals surface area contributed by atoms with Crippen LogP contribution < -0.4 is 0 Å². The predicted octanol–water partition coefficient (Wildman–Crippen LogP) is 1.86. The van der Waals surface area contributed by atoms with Crippen LogP contribution in [0.2, 0.25) is 0 Å². The summed E-state index contributed by atoms with van der Waals surface area (Å²) in [7, 11) is 0. The van der Waals surface area contributed by atoms with E-state index in [2.05, 4.69) is 0 Å². The van der Waals surface area contributed by atoms with Gasteiger partial charge in [-0.3, -0.25) is 9.59 Å². The molecule has 1 heterocycles. The third-order valence-corrected chi connectivity index (χ3v) is 3.36. The van der Waals surface area contributed by atoms with Crippen molar-refractivity contribution in [3.8, 4) is 0 Å². The second-order valence-electron chi connectivity index (χ2n) is 5.28. The highest BCUT2D eigenvalue weighted by Crippen LogP contribution is 2.25. The maximum Gasteiger partial charge on any atom is 0.313 e. The summed E-state index contributed by atoms with van der Waals surface area (Å²) in [6.45, 7) is 3.30. The molecule has 1 aliphatic rings. The molecule has 0 atom stereocenters. The van der Waals surface area contributed by atoms with E-state index in [4.69, 9.17) is 18.9 Å². The van der Waals surface area contributed by atoms with Gasteiger partial charge in [-0.1, -0.05) is 30.3 Å². The third kappa shape index (κ3) is 5.74. The van der Waals surface area contributed by atoms with Gasteiger partial charge in [0.05, 0.1) is 32.8 Å². The van der Waals surface area contributed by atoms with E-state index in [9.17, 15) is 9.59 Å². The van der Waals surface area contributed by atoms with Gasteiger partial charge in [0.2, 0.25) is 0 Å². The summed E-state index contributed by atoms with van der Waals surface area (Å²) in [6, 6.07) is 9.70. The van der Waals surface area contributed by atoms with Crippen LogP contribution in [0, 0.1) is 0 Å². The van der Waals surface area contributed by atoms with Gasteiger partial charge in [-0.15, -0.1) is 0 Å². The average molecular weight is 322 g/mol. The van der Waals surface area contributed by atoms with Crippen molar-refractivity contribution in [1.82, 2.24) is 0 Å². The predicted molar refractivity (Wildman–Crippen MR) is 81.6 cm³/mol. The summed E-state index contributed by atoms with van der Waals surface area (Å²) in [5.74, 6) is -1.91. The first-order chi connectivity index (χ1) is 11.1. The molecule has 1 fully saturated rings. The van der Waals surface area contributed by atoms with Gasteiger partial charge >= 0.3 is 5.97 Å². The van der Waals surface area contributed by atoms with E-state index in [0.29, 0.717) is 19.8 Å². The van der Waals surface area contributed by atoms with Crippen LogP contribution in [-0.2, 0) is 35.1 Å². The lowest BCUT2D eigenvalue weighted by atomic mass is 10.1. The zero-order chi connectivity index (χ0) is 16.5. The Labute approximate surface area is 135 Å². The van der Waals surface area contributed by atoms with Gasteiger partial charge in [0, 0.05) is 0 Å². The molecule has 0 aliphatic carbocycles. The second-order valence-corrected chi connectivity index (χ2v) is 5.28. The maximum absolute atomic E-state index is 12.0. The van der Waals surface area contributed by atoms with Gasteiger partial charge in [-0.25, -0.2) is 0 Å². The second kappa shape index (κ2) is 8.76. The summed E-state index contributed by atoms with van der Waals surface area (Å²) >= 11 is 0. The summed E-state index contributed by atoms with van der Waals surface area (Å²) in [6.07, 6.45) is -0.304. The van der Waals surface area contributed by atoms with Crippen molar-refractivity contribution in [2.24, 2.45) is 0 Å². The normalized spacial score (nSPS) is 16.2. The van der Waals surface area contributed by atoms with Crippen LogP contribution in [0.3, 0.4) is 0 Å². The highest BCUT2D eigenvalue weighted by atomic mass is 16.8. The number of benzene rings is 1. The Morgan fingerprint density at radius 2 is 1.87 bits per heavy atom. The average Bonchev–Trinajstić information content (AvgIpc) is 2.96.